The van der Waals surface area contributed by atoms with Crippen LogP contribution >= 0.6 is 0 Å². The topological polar surface area (TPSA) is 66.5 Å². The summed E-state index contributed by atoms with van der Waals surface area (Å²) in [5.74, 6) is -1.21. The number of hydrogen-bond donors (Lipinski definition) is 1. The molecule has 0 radical (unpaired) electrons. The summed E-state index contributed by atoms with van der Waals surface area (Å²) in [5.41, 5.74) is 0.591. The highest BCUT2D eigenvalue weighted by atomic mass is 16.2. The number of rotatable bonds is 3. The molecule has 23 heavy (non-hydrogen) atoms. The first-order chi connectivity index (χ1) is 11.2. The van der Waals surface area contributed by atoms with Crippen molar-refractivity contribution in [3.05, 3.63) is 35.9 Å². The van der Waals surface area contributed by atoms with Gasteiger partial charge >= 0.3 is 11.8 Å². The Morgan fingerprint density at radius 2 is 1.65 bits per heavy atom. The average molecular weight is 314 g/mol. The van der Waals surface area contributed by atoms with Gasteiger partial charge in [-0.15, -0.1) is 0 Å². The van der Waals surface area contributed by atoms with E-state index in [1.807, 2.05) is 6.07 Å². The Labute approximate surface area is 136 Å². The van der Waals surface area contributed by atoms with Crippen LogP contribution in [0.2, 0.25) is 0 Å². The quantitative estimate of drug-likeness (QED) is 0.685. The van der Waals surface area contributed by atoms with Gasteiger partial charge in [-0.1, -0.05) is 43.2 Å². The van der Waals surface area contributed by atoms with Crippen molar-refractivity contribution in [3.63, 3.8) is 0 Å². The number of carbonyl (C=O) groups excluding carboxylic acids is 3. The third-order valence-corrected chi connectivity index (χ3v) is 4.76. The summed E-state index contributed by atoms with van der Waals surface area (Å²) >= 11 is 0. The summed E-state index contributed by atoms with van der Waals surface area (Å²) in [6.07, 6.45) is 5.44. The third-order valence-electron chi connectivity index (χ3n) is 4.76. The molecule has 1 aromatic rings. The van der Waals surface area contributed by atoms with E-state index in [4.69, 9.17) is 0 Å². The fourth-order valence-corrected chi connectivity index (χ4v) is 3.52. The summed E-state index contributed by atoms with van der Waals surface area (Å²) in [7, 11) is 0. The van der Waals surface area contributed by atoms with Crippen LogP contribution in [-0.4, -0.2) is 41.1 Å². The van der Waals surface area contributed by atoms with E-state index in [2.05, 4.69) is 5.32 Å². The number of amides is 2. The van der Waals surface area contributed by atoms with Crippen LogP contribution in [0.1, 0.15) is 48.9 Å². The van der Waals surface area contributed by atoms with Gasteiger partial charge in [-0.05, 0) is 25.7 Å². The predicted molar refractivity (Wildman–Crippen MR) is 85.9 cm³/mol. The highest BCUT2D eigenvalue weighted by Crippen LogP contribution is 2.22. The molecular formula is C18H22N2O3. The lowest BCUT2D eigenvalue weighted by Crippen LogP contribution is -2.49. The Kier molecular flexibility index (Phi) is 4.74. The van der Waals surface area contributed by atoms with E-state index in [9.17, 15) is 14.4 Å². The van der Waals surface area contributed by atoms with E-state index in [0.717, 1.165) is 32.1 Å². The molecule has 2 fully saturated rings. The maximum Gasteiger partial charge on any atom is 0.312 e. The summed E-state index contributed by atoms with van der Waals surface area (Å²) in [4.78, 5) is 38.7. The van der Waals surface area contributed by atoms with Crippen LogP contribution in [0.3, 0.4) is 0 Å². The zero-order chi connectivity index (χ0) is 16.2. The maximum atomic E-state index is 12.6. The van der Waals surface area contributed by atoms with Crippen molar-refractivity contribution in [1.82, 2.24) is 10.2 Å². The van der Waals surface area contributed by atoms with Gasteiger partial charge in [-0.2, -0.15) is 0 Å². The second-order valence-corrected chi connectivity index (χ2v) is 6.34. The molecule has 2 amide bonds. The van der Waals surface area contributed by atoms with E-state index in [1.165, 1.54) is 4.90 Å². The number of benzene rings is 1. The lowest BCUT2D eigenvalue weighted by atomic mass is 10.0. The van der Waals surface area contributed by atoms with Crippen molar-refractivity contribution < 1.29 is 14.4 Å². The van der Waals surface area contributed by atoms with Crippen LogP contribution in [-0.2, 0) is 9.59 Å². The first-order valence-corrected chi connectivity index (χ1v) is 8.37. The number of Topliss-reactive ketones (excluding diaryl/α,β-unsaturated/α-hetero) is 1. The fraction of sp³-hybridized carbons (Fsp3) is 0.500. The van der Waals surface area contributed by atoms with Crippen molar-refractivity contribution in [2.75, 3.05) is 6.54 Å². The maximum absolute atomic E-state index is 12.6. The minimum Gasteiger partial charge on any atom is -0.345 e. The molecular weight excluding hydrogens is 292 g/mol. The third kappa shape index (κ3) is 3.44. The molecule has 0 spiro atoms. The second kappa shape index (κ2) is 6.94. The van der Waals surface area contributed by atoms with Crippen molar-refractivity contribution >= 4 is 17.6 Å². The molecule has 1 atom stereocenters. The molecule has 1 unspecified atom stereocenters. The summed E-state index contributed by atoms with van der Waals surface area (Å²) in [6.45, 7) is 0.472. The van der Waals surface area contributed by atoms with E-state index >= 15 is 0 Å². The van der Waals surface area contributed by atoms with Crippen LogP contribution in [0.15, 0.2) is 30.3 Å². The zero-order valence-electron chi connectivity index (χ0n) is 13.2. The minimum atomic E-state index is -0.566. The van der Waals surface area contributed by atoms with Gasteiger partial charge in [-0.25, -0.2) is 0 Å². The molecule has 1 N–H and O–H groups in total. The lowest BCUT2D eigenvalue weighted by molar-refractivity contribution is -0.146. The number of carbonyl (C=O) groups is 3. The number of nitrogens with zero attached hydrogens (tertiary/aromatic N) is 1. The molecule has 1 aromatic carbocycles. The smallest absolute Gasteiger partial charge is 0.312 e. The Morgan fingerprint density at radius 3 is 2.35 bits per heavy atom. The van der Waals surface area contributed by atoms with Gasteiger partial charge in [0.05, 0.1) is 6.04 Å². The standard InChI is InChI=1S/C18H22N2O3/c21-16(13-7-2-1-3-8-13)15-11-6-12-20(15)18(23)17(22)19-14-9-4-5-10-14/h1-3,7-8,14-15H,4-6,9-12H2,(H,19,22). The summed E-state index contributed by atoms with van der Waals surface area (Å²) < 4.78 is 0. The van der Waals surface area contributed by atoms with Gasteiger partial charge in [0, 0.05) is 18.2 Å². The average Bonchev–Trinajstić information content (AvgIpc) is 3.25. The molecule has 5 heteroatoms. The molecule has 1 aliphatic carbocycles. The Morgan fingerprint density at radius 1 is 0.957 bits per heavy atom. The number of nitrogens with one attached hydrogen (secondary N) is 1. The van der Waals surface area contributed by atoms with Gasteiger partial charge in [0.25, 0.3) is 0 Å². The largest absolute Gasteiger partial charge is 0.345 e. The lowest BCUT2D eigenvalue weighted by Gasteiger charge is -2.24. The zero-order valence-corrected chi connectivity index (χ0v) is 13.2. The molecule has 3 rings (SSSR count). The van der Waals surface area contributed by atoms with Crippen molar-refractivity contribution in [2.45, 2.75) is 50.6 Å². The molecule has 122 valence electrons. The molecule has 1 aliphatic heterocycles. The van der Waals surface area contributed by atoms with Gasteiger partial charge in [0.1, 0.15) is 0 Å². The SMILES string of the molecule is O=C(NC1CCCC1)C(=O)N1CCCC1C(=O)c1ccccc1. The van der Waals surface area contributed by atoms with E-state index < -0.39 is 17.9 Å². The normalized spacial score (nSPS) is 21.4. The summed E-state index contributed by atoms with van der Waals surface area (Å²) in [5, 5.41) is 2.81. The van der Waals surface area contributed by atoms with Crippen LogP contribution < -0.4 is 5.32 Å². The van der Waals surface area contributed by atoms with Crippen molar-refractivity contribution in [2.24, 2.45) is 0 Å². The predicted octanol–water partition coefficient (Wildman–Crippen LogP) is 1.92. The summed E-state index contributed by atoms with van der Waals surface area (Å²) in [6, 6.07) is 8.56. The second-order valence-electron chi connectivity index (χ2n) is 6.34. The van der Waals surface area contributed by atoms with Crippen LogP contribution in [0.5, 0.6) is 0 Å². The van der Waals surface area contributed by atoms with Crippen LogP contribution in [0, 0.1) is 0 Å². The van der Waals surface area contributed by atoms with E-state index in [1.54, 1.807) is 24.3 Å². The Bertz CT molecular complexity index is 594. The first kappa shape index (κ1) is 15.7. The molecule has 0 bridgehead atoms. The highest BCUT2D eigenvalue weighted by molar-refractivity contribution is 6.35. The molecule has 1 saturated heterocycles. The van der Waals surface area contributed by atoms with Crippen molar-refractivity contribution in [3.8, 4) is 0 Å². The van der Waals surface area contributed by atoms with Crippen LogP contribution in [0.4, 0.5) is 0 Å². The molecule has 2 aliphatic rings. The van der Waals surface area contributed by atoms with Gasteiger partial charge in [0.15, 0.2) is 5.78 Å². The number of hydrogen-bond acceptors (Lipinski definition) is 3. The monoisotopic (exact) mass is 314 g/mol. The first-order valence-electron chi connectivity index (χ1n) is 8.37. The number of likely N-dealkylation sites (tertiary alicyclic amines) is 1. The minimum absolute atomic E-state index is 0.0786. The molecule has 5 nitrogen and oxygen atoms in total. The molecule has 1 heterocycles. The number of ketones is 1. The highest BCUT2D eigenvalue weighted by Gasteiger charge is 2.37. The Balaban J connectivity index is 1.67. The fourth-order valence-electron chi connectivity index (χ4n) is 3.52. The van der Waals surface area contributed by atoms with E-state index in [-0.39, 0.29) is 11.8 Å². The Hall–Kier alpha value is -2.17. The van der Waals surface area contributed by atoms with E-state index in [0.29, 0.717) is 18.5 Å². The van der Waals surface area contributed by atoms with Gasteiger partial charge in [-0.3, -0.25) is 14.4 Å². The van der Waals surface area contributed by atoms with Gasteiger partial charge in [0.2, 0.25) is 0 Å². The van der Waals surface area contributed by atoms with Gasteiger partial charge < -0.3 is 10.2 Å². The molecule has 0 aromatic heterocycles. The van der Waals surface area contributed by atoms with Crippen LogP contribution in [0.25, 0.3) is 0 Å². The molecule has 1 saturated carbocycles. The van der Waals surface area contributed by atoms with Crippen molar-refractivity contribution in [1.29, 1.82) is 0 Å².